The van der Waals surface area contributed by atoms with Gasteiger partial charge in [0.05, 0.1) is 11.6 Å². The summed E-state index contributed by atoms with van der Waals surface area (Å²) >= 11 is 9.36. The average molecular weight is 360 g/mol. The van der Waals surface area contributed by atoms with Gasteiger partial charge in [-0.3, -0.25) is 0 Å². The monoisotopic (exact) mass is 358 g/mol. The molecule has 0 saturated heterocycles. The highest BCUT2D eigenvalue weighted by molar-refractivity contribution is 9.10. The van der Waals surface area contributed by atoms with Crippen LogP contribution in [0, 0.1) is 0 Å². The minimum atomic E-state index is 0.0206. The molecule has 1 aromatic carbocycles. The van der Waals surface area contributed by atoms with Crippen LogP contribution in [-0.2, 0) is 0 Å². The molecule has 8 heteroatoms. The standard InChI is InChI=1S/C12H12BrClN4O2/c1-2-5-19-11-16-10(15)17-12(18-11)20-9-6-7(13)3-4-8(9)14/h3-4,6H,2,5H2,1H3,(H2,15,16,17,18). The Kier molecular flexibility index (Phi) is 4.97. The van der Waals surface area contributed by atoms with Crippen molar-refractivity contribution in [3.8, 4) is 17.8 Å². The summed E-state index contributed by atoms with van der Waals surface area (Å²) < 4.78 is 11.6. The maximum atomic E-state index is 6.03. The van der Waals surface area contributed by atoms with Crippen LogP contribution >= 0.6 is 27.5 Å². The lowest BCUT2D eigenvalue weighted by atomic mass is 10.3. The van der Waals surface area contributed by atoms with E-state index in [9.17, 15) is 0 Å². The summed E-state index contributed by atoms with van der Waals surface area (Å²) in [6.45, 7) is 2.46. The molecule has 0 saturated carbocycles. The van der Waals surface area contributed by atoms with E-state index in [-0.39, 0.29) is 18.0 Å². The molecule has 0 aliphatic rings. The predicted molar refractivity (Wildman–Crippen MR) is 79.3 cm³/mol. The fourth-order valence-electron chi connectivity index (χ4n) is 1.31. The van der Waals surface area contributed by atoms with Crippen molar-refractivity contribution in [2.45, 2.75) is 13.3 Å². The number of anilines is 1. The third-order valence-corrected chi connectivity index (χ3v) is 2.95. The first kappa shape index (κ1) is 14.8. The van der Waals surface area contributed by atoms with E-state index in [1.54, 1.807) is 18.2 Å². The maximum absolute atomic E-state index is 6.03. The van der Waals surface area contributed by atoms with Crippen molar-refractivity contribution in [2.75, 3.05) is 12.3 Å². The first-order valence-electron chi connectivity index (χ1n) is 5.85. The molecular formula is C12H12BrClN4O2. The van der Waals surface area contributed by atoms with E-state index in [2.05, 4.69) is 30.9 Å². The molecule has 0 atom stereocenters. The summed E-state index contributed by atoms with van der Waals surface area (Å²) in [7, 11) is 0. The molecule has 20 heavy (non-hydrogen) atoms. The highest BCUT2D eigenvalue weighted by Gasteiger charge is 2.10. The van der Waals surface area contributed by atoms with Crippen LogP contribution in [0.4, 0.5) is 5.95 Å². The summed E-state index contributed by atoms with van der Waals surface area (Å²) in [6.07, 6.45) is 0.833. The number of nitrogens with two attached hydrogens (primary N) is 1. The third kappa shape index (κ3) is 3.94. The molecule has 1 aromatic heterocycles. The van der Waals surface area contributed by atoms with Crippen LogP contribution < -0.4 is 15.2 Å². The Morgan fingerprint density at radius 1 is 1.25 bits per heavy atom. The molecule has 0 amide bonds. The van der Waals surface area contributed by atoms with Gasteiger partial charge in [-0.05, 0) is 24.6 Å². The van der Waals surface area contributed by atoms with Crippen molar-refractivity contribution in [1.29, 1.82) is 0 Å². The first-order chi connectivity index (χ1) is 9.58. The zero-order valence-corrected chi connectivity index (χ0v) is 13.0. The van der Waals surface area contributed by atoms with Crippen LogP contribution in [0.15, 0.2) is 22.7 Å². The SMILES string of the molecule is CCCOc1nc(N)nc(Oc2cc(Br)ccc2Cl)n1. The lowest BCUT2D eigenvalue weighted by Gasteiger charge is -2.08. The second-order valence-electron chi connectivity index (χ2n) is 3.78. The van der Waals surface area contributed by atoms with Crippen LogP contribution in [0.5, 0.6) is 17.8 Å². The van der Waals surface area contributed by atoms with Gasteiger partial charge < -0.3 is 15.2 Å². The van der Waals surface area contributed by atoms with Crippen LogP contribution in [0.2, 0.25) is 5.02 Å². The van der Waals surface area contributed by atoms with Gasteiger partial charge in [0, 0.05) is 4.47 Å². The summed E-state index contributed by atoms with van der Waals surface area (Å²) in [5.41, 5.74) is 5.59. The van der Waals surface area contributed by atoms with Crippen molar-refractivity contribution in [2.24, 2.45) is 0 Å². The summed E-state index contributed by atoms with van der Waals surface area (Å²) in [5, 5.41) is 0.434. The molecule has 0 fully saturated rings. The second-order valence-corrected chi connectivity index (χ2v) is 5.11. The topological polar surface area (TPSA) is 83.2 Å². The highest BCUT2D eigenvalue weighted by Crippen LogP contribution is 2.31. The Labute approximate surface area is 129 Å². The number of hydrogen-bond donors (Lipinski definition) is 1. The number of aromatic nitrogens is 3. The third-order valence-electron chi connectivity index (χ3n) is 2.14. The van der Waals surface area contributed by atoms with E-state index in [1.165, 1.54) is 0 Å². The number of nitrogen functional groups attached to an aromatic ring is 1. The quantitative estimate of drug-likeness (QED) is 0.880. The molecule has 0 radical (unpaired) electrons. The number of halogens is 2. The van der Waals surface area contributed by atoms with Crippen LogP contribution in [0.1, 0.15) is 13.3 Å². The lowest BCUT2D eigenvalue weighted by molar-refractivity contribution is 0.285. The molecule has 0 aliphatic carbocycles. The number of ether oxygens (including phenoxy) is 2. The molecule has 0 aliphatic heterocycles. The van der Waals surface area contributed by atoms with Crippen molar-refractivity contribution < 1.29 is 9.47 Å². The van der Waals surface area contributed by atoms with Gasteiger partial charge in [-0.25, -0.2) is 0 Å². The first-order valence-corrected chi connectivity index (χ1v) is 7.03. The fraction of sp³-hybridized carbons (Fsp3) is 0.250. The van der Waals surface area contributed by atoms with E-state index in [4.69, 9.17) is 26.8 Å². The van der Waals surface area contributed by atoms with E-state index in [1.807, 2.05) is 6.92 Å². The number of benzene rings is 1. The molecule has 1 heterocycles. The van der Waals surface area contributed by atoms with Gasteiger partial charge in [0.2, 0.25) is 5.95 Å². The summed E-state index contributed by atoms with van der Waals surface area (Å²) in [5.74, 6) is 0.431. The molecular weight excluding hydrogens is 348 g/mol. The molecule has 2 N–H and O–H groups in total. The Morgan fingerprint density at radius 2 is 2.00 bits per heavy atom. The summed E-state index contributed by atoms with van der Waals surface area (Å²) in [4.78, 5) is 11.8. The van der Waals surface area contributed by atoms with Crippen LogP contribution in [-0.4, -0.2) is 21.6 Å². The van der Waals surface area contributed by atoms with Crippen molar-refractivity contribution in [1.82, 2.24) is 15.0 Å². The normalized spacial score (nSPS) is 10.3. The number of hydrogen-bond acceptors (Lipinski definition) is 6. The Bertz CT molecular complexity index is 612. The fourth-order valence-corrected chi connectivity index (χ4v) is 1.81. The van der Waals surface area contributed by atoms with Crippen LogP contribution in [0.25, 0.3) is 0 Å². The zero-order chi connectivity index (χ0) is 14.5. The van der Waals surface area contributed by atoms with E-state index in [0.717, 1.165) is 10.9 Å². The van der Waals surface area contributed by atoms with Gasteiger partial charge in [-0.15, -0.1) is 4.98 Å². The lowest BCUT2D eigenvalue weighted by Crippen LogP contribution is -2.05. The van der Waals surface area contributed by atoms with Gasteiger partial charge in [0.1, 0.15) is 0 Å². The Balaban J connectivity index is 2.24. The van der Waals surface area contributed by atoms with Crippen molar-refractivity contribution in [3.63, 3.8) is 0 Å². The second kappa shape index (κ2) is 6.71. The predicted octanol–water partition coefficient (Wildman–Crippen LogP) is 3.45. The van der Waals surface area contributed by atoms with E-state index < -0.39 is 0 Å². The van der Waals surface area contributed by atoms with Gasteiger partial charge in [-0.2, -0.15) is 9.97 Å². The zero-order valence-electron chi connectivity index (χ0n) is 10.6. The molecule has 0 bridgehead atoms. The minimum Gasteiger partial charge on any atom is -0.463 e. The number of rotatable bonds is 5. The molecule has 0 unspecified atom stereocenters. The Morgan fingerprint density at radius 3 is 2.75 bits per heavy atom. The van der Waals surface area contributed by atoms with Gasteiger partial charge in [-0.1, -0.05) is 34.5 Å². The van der Waals surface area contributed by atoms with Crippen LogP contribution in [0.3, 0.4) is 0 Å². The van der Waals surface area contributed by atoms with Gasteiger partial charge in [0.15, 0.2) is 5.75 Å². The largest absolute Gasteiger partial charge is 0.463 e. The van der Waals surface area contributed by atoms with E-state index in [0.29, 0.717) is 17.4 Å². The van der Waals surface area contributed by atoms with Gasteiger partial charge in [0.25, 0.3) is 0 Å². The highest BCUT2D eigenvalue weighted by atomic mass is 79.9. The van der Waals surface area contributed by atoms with Crippen molar-refractivity contribution >= 4 is 33.5 Å². The Hall–Kier alpha value is -1.60. The molecule has 2 aromatic rings. The number of nitrogens with zero attached hydrogens (tertiary/aromatic N) is 3. The maximum Gasteiger partial charge on any atom is 0.330 e. The molecule has 106 valence electrons. The van der Waals surface area contributed by atoms with Crippen molar-refractivity contribution in [3.05, 3.63) is 27.7 Å². The molecule has 2 rings (SSSR count). The van der Waals surface area contributed by atoms with E-state index >= 15 is 0 Å². The molecule has 6 nitrogen and oxygen atoms in total. The van der Waals surface area contributed by atoms with Gasteiger partial charge >= 0.3 is 12.0 Å². The minimum absolute atomic E-state index is 0.0206. The molecule has 0 spiro atoms. The smallest absolute Gasteiger partial charge is 0.330 e. The average Bonchev–Trinajstić information content (AvgIpc) is 2.40. The summed E-state index contributed by atoms with van der Waals surface area (Å²) in [6, 6.07) is 5.35.